The fraction of sp³-hybridized carbons (Fsp3) is 0.625. The highest BCUT2D eigenvalue weighted by Crippen LogP contribution is 2.27. The van der Waals surface area contributed by atoms with Crippen LogP contribution in [0.2, 0.25) is 0 Å². The molecule has 0 fully saturated rings. The van der Waals surface area contributed by atoms with Crippen LogP contribution in [-0.2, 0) is 16.4 Å². The standard InChI is InChI=1S/C16H26N2O2S/c1-12(2)11-18(13(3)4)21(19,20)15-7-8-16-14(10-15)6-5-9-17-16/h7-8,10,12-13,17H,5-6,9,11H2,1-4H3. The lowest BCUT2D eigenvalue weighted by atomic mass is 10.0. The van der Waals surface area contributed by atoms with Crippen molar-refractivity contribution in [3.05, 3.63) is 23.8 Å². The monoisotopic (exact) mass is 310 g/mol. The van der Waals surface area contributed by atoms with Crippen LogP contribution in [0.5, 0.6) is 0 Å². The molecule has 1 N–H and O–H groups in total. The molecule has 1 aliphatic heterocycles. The van der Waals surface area contributed by atoms with Crippen molar-refractivity contribution in [2.24, 2.45) is 5.92 Å². The molecule has 1 aromatic carbocycles. The number of sulfonamides is 1. The molecule has 0 saturated carbocycles. The van der Waals surface area contributed by atoms with Gasteiger partial charge in [-0.3, -0.25) is 0 Å². The van der Waals surface area contributed by atoms with Gasteiger partial charge in [0.1, 0.15) is 0 Å². The summed E-state index contributed by atoms with van der Waals surface area (Å²) in [6, 6.07) is 5.43. The summed E-state index contributed by atoms with van der Waals surface area (Å²) in [6.45, 7) is 9.46. The number of rotatable bonds is 5. The number of nitrogens with one attached hydrogen (secondary N) is 1. The minimum atomic E-state index is -3.42. The van der Waals surface area contributed by atoms with Crippen LogP contribution < -0.4 is 5.32 Å². The van der Waals surface area contributed by atoms with Gasteiger partial charge in [-0.05, 0) is 56.4 Å². The number of hydrogen-bond donors (Lipinski definition) is 1. The summed E-state index contributed by atoms with van der Waals surface area (Å²) < 4.78 is 27.4. The number of fused-ring (bicyclic) bond motifs is 1. The second kappa shape index (κ2) is 6.36. The van der Waals surface area contributed by atoms with Crippen molar-refractivity contribution in [2.75, 3.05) is 18.4 Å². The largest absolute Gasteiger partial charge is 0.385 e. The first kappa shape index (κ1) is 16.3. The Bertz CT molecular complexity index is 594. The normalized spacial score (nSPS) is 15.4. The molecule has 1 aliphatic rings. The van der Waals surface area contributed by atoms with Gasteiger partial charge < -0.3 is 5.32 Å². The first-order valence-electron chi connectivity index (χ1n) is 7.71. The van der Waals surface area contributed by atoms with Crippen molar-refractivity contribution in [3.63, 3.8) is 0 Å². The molecule has 1 aromatic rings. The van der Waals surface area contributed by atoms with E-state index in [0.29, 0.717) is 17.4 Å². The number of anilines is 1. The highest BCUT2D eigenvalue weighted by Gasteiger charge is 2.28. The molecule has 1 heterocycles. The van der Waals surface area contributed by atoms with Crippen molar-refractivity contribution in [1.29, 1.82) is 0 Å². The molecule has 0 aliphatic carbocycles. The minimum absolute atomic E-state index is 0.0356. The summed E-state index contributed by atoms with van der Waals surface area (Å²) in [5.74, 6) is 0.307. The summed E-state index contributed by atoms with van der Waals surface area (Å²) >= 11 is 0. The number of nitrogens with zero attached hydrogens (tertiary/aromatic N) is 1. The second-order valence-electron chi connectivity index (χ2n) is 6.41. The molecule has 0 bridgehead atoms. The predicted molar refractivity (Wildman–Crippen MR) is 87.1 cm³/mol. The number of benzene rings is 1. The molecule has 5 heteroatoms. The average molecular weight is 310 g/mol. The van der Waals surface area contributed by atoms with Crippen molar-refractivity contribution < 1.29 is 8.42 Å². The van der Waals surface area contributed by atoms with Gasteiger partial charge in [-0.2, -0.15) is 4.31 Å². The van der Waals surface area contributed by atoms with Gasteiger partial charge in [-0.25, -0.2) is 8.42 Å². The summed E-state index contributed by atoms with van der Waals surface area (Å²) in [6.07, 6.45) is 1.99. The van der Waals surface area contributed by atoms with Gasteiger partial charge in [-0.15, -0.1) is 0 Å². The van der Waals surface area contributed by atoms with E-state index in [0.717, 1.165) is 30.6 Å². The van der Waals surface area contributed by atoms with Gasteiger partial charge in [0, 0.05) is 24.8 Å². The van der Waals surface area contributed by atoms with Crippen LogP contribution in [0, 0.1) is 5.92 Å². The first-order chi connectivity index (χ1) is 9.82. The SMILES string of the molecule is CC(C)CN(C(C)C)S(=O)(=O)c1ccc2c(c1)CCCN2. The minimum Gasteiger partial charge on any atom is -0.385 e. The summed E-state index contributed by atoms with van der Waals surface area (Å²) in [7, 11) is -3.42. The molecule has 0 unspecified atom stereocenters. The Hall–Kier alpha value is -1.07. The topological polar surface area (TPSA) is 49.4 Å². The Labute approximate surface area is 128 Å². The fourth-order valence-corrected chi connectivity index (χ4v) is 4.54. The summed E-state index contributed by atoms with van der Waals surface area (Å²) in [5.41, 5.74) is 2.18. The third-order valence-corrected chi connectivity index (χ3v) is 5.78. The molecule has 0 amide bonds. The van der Waals surface area contributed by atoms with Crippen molar-refractivity contribution in [1.82, 2.24) is 4.31 Å². The van der Waals surface area contributed by atoms with E-state index in [4.69, 9.17) is 0 Å². The van der Waals surface area contributed by atoms with Gasteiger partial charge in [0.05, 0.1) is 4.90 Å². The van der Waals surface area contributed by atoms with Crippen LogP contribution in [0.3, 0.4) is 0 Å². The van der Waals surface area contributed by atoms with Crippen LogP contribution in [0.25, 0.3) is 0 Å². The number of hydrogen-bond acceptors (Lipinski definition) is 3. The van der Waals surface area contributed by atoms with Gasteiger partial charge in [0.15, 0.2) is 0 Å². The summed E-state index contributed by atoms with van der Waals surface area (Å²) in [4.78, 5) is 0.416. The Morgan fingerprint density at radius 3 is 2.57 bits per heavy atom. The Kier molecular flexibility index (Phi) is 4.94. The predicted octanol–water partition coefficient (Wildman–Crippen LogP) is 3.10. The molecule has 0 aromatic heterocycles. The third-order valence-electron chi connectivity index (χ3n) is 3.74. The summed E-state index contributed by atoms with van der Waals surface area (Å²) in [5, 5.41) is 3.32. The fourth-order valence-electron chi connectivity index (χ4n) is 2.69. The van der Waals surface area contributed by atoms with Gasteiger partial charge >= 0.3 is 0 Å². The number of aryl methyl sites for hydroxylation is 1. The highest BCUT2D eigenvalue weighted by atomic mass is 32.2. The maximum Gasteiger partial charge on any atom is 0.243 e. The lowest BCUT2D eigenvalue weighted by Gasteiger charge is -2.28. The zero-order chi connectivity index (χ0) is 15.6. The molecule has 21 heavy (non-hydrogen) atoms. The Morgan fingerprint density at radius 2 is 1.95 bits per heavy atom. The van der Waals surface area contributed by atoms with Crippen LogP contribution in [-0.4, -0.2) is 31.9 Å². The van der Waals surface area contributed by atoms with Crippen LogP contribution in [0.1, 0.15) is 39.7 Å². The van der Waals surface area contributed by atoms with Crippen molar-refractivity contribution >= 4 is 15.7 Å². The van der Waals surface area contributed by atoms with E-state index >= 15 is 0 Å². The zero-order valence-corrected chi connectivity index (χ0v) is 14.2. The van der Waals surface area contributed by atoms with Crippen LogP contribution in [0.4, 0.5) is 5.69 Å². The molecule has 2 rings (SSSR count). The van der Waals surface area contributed by atoms with Crippen LogP contribution >= 0.6 is 0 Å². The third kappa shape index (κ3) is 3.58. The van der Waals surface area contributed by atoms with Gasteiger partial charge in [-0.1, -0.05) is 13.8 Å². The second-order valence-corrected chi connectivity index (χ2v) is 8.30. The quantitative estimate of drug-likeness (QED) is 0.909. The van der Waals surface area contributed by atoms with Gasteiger partial charge in [0.2, 0.25) is 10.0 Å². The highest BCUT2D eigenvalue weighted by molar-refractivity contribution is 7.89. The zero-order valence-electron chi connectivity index (χ0n) is 13.4. The molecule has 0 spiro atoms. The molecule has 118 valence electrons. The maximum atomic E-state index is 12.9. The van der Waals surface area contributed by atoms with E-state index < -0.39 is 10.0 Å². The lowest BCUT2D eigenvalue weighted by Crippen LogP contribution is -2.39. The van der Waals surface area contributed by atoms with E-state index in [1.165, 1.54) is 0 Å². The van der Waals surface area contributed by atoms with Crippen LogP contribution in [0.15, 0.2) is 23.1 Å². The molecule has 0 radical (unpaired) electrons. The van der Waals surface area contributed by atoms with Crippen molar-refractivity contribution in [3.8, 4) is 0 Å². The maximum absolute atomic E-state index is 12.9. The molecule has 0 saturated heterocycles. The van der Waals surface area contributed by atoms with E-state index in [2.05, 4.69) is 5.32 Å². The molecular weight excluding hydrogens is 284 g/mol. The lowest BCUT2D eigenvalue weighted by molar-refractivity contribution is 0.319. The average Bonchev–Trinajstić information content (AvgIpc) is 2.43. The Morgan fingerprint density at radius 1 is 1.24 bits per heavy atom. The van der Waals surface area contributed by atoms with Gasteiger partial charge in [0.25, 0.3) is 0 Å². The molecule has 4 nitrogen and oxygen atoms in total. The van der Waals surface area contributed by atoms with E-state index in [1.807, 2.05) is 39.8 Å². The van der Waals surface area contributed by atoms with E-state index in [9.17, 15) is 8.42 Å². The van der Waals surface area contributed by atoms with E-state index in [-0.39, 0.29) is 6.04 Å². The van der Waals surface area contributed by atoms with Crippen molar-refractivity contribution in [2.45, 2.75) is 51.5 Å². The smallest absolute Gasteiger partial charge is 0.243 e. The molecule has 0 atom stereocenters. The Balaban J connectivity index is 2.37. The first-order valence-corrected chi connectivity index (χ1v) is 9.15. The van der Waals surface area contributed by atoms with E-state index in [1.54, 1.807) is 10.4 Å². The molecular formula is C16H26N2O2S.